The van der Waals surface area contributed by atoms with Gasteiger partial charge in [-0.2, -0.15) is 4.68 Å². The largest absolute Gasteiger partial charge is 0.461 e. The number of nitrogens with two attached hydrogens (primary N) is 1. The Bertz CT molecular complexity index is 565. The second-order valence-electron chi connectivity index (χ2n) is 3.43. The molecule has 18 heavy (non-hydrogen) atoms. The number of halogens is 1. The smallest absolute Gasteiger partial charge is 0.362 e. The molecular weight excluding hydrogens is 300 g/mol. The number of hydrogen-bond donors (Lipinski definition) is 1. The van der Waals surface area contributed by atoms with Crippen LogP contribution in [0.15, 0.2) is 28.7 Å². The van der Waals surface area contributed by atoms with E-state index >= 15 is 0 Å². The standard InChI is InChI=1S/C11H11BrN4O2/c1-2-18-11(17)9-10(13)16(15-14-9)8-5-3-7(12)4-6-8/h3-6H,2,13H2,1H3. The summed E-state index contributed by atoms with van der Waals surface area (Å²) in [6.07, 6.45) is 0. The molecule has 2 aromatic rings. The molecule has 0 saturated carbocycles. The van der Waals surface area contributed by atoms with Crippen LogP contribution in [0.2, 0.25) is 0 Å². The third-order valence-corrected chi connectivity index (χ3v) is 2.77. The van der Waals surface area contributed by atoms with Gasteiger partial charge in [-0.1, -0.05) is 21.1 Å². The average Bonchev–Trinajstić information content (AvgIpc) is 2.73. The molecule has 0 aliphatic carbocycles. The van der Waals surface area contributed by atoms with E-state index in [1.54, 1.807) is 6.92 Å². The van der Waals surface area contributed by atoms with Crippen molar-refractivity contribution in [1.82, 2.24) is 15.0 Å². The SMILES string of the molecule is CCOC(=O)c1nnn(-c2ccc(Br)cc2)c1N. The van der Waals surface area contributed by atoms with Crippen molar-refractivity contribution in [3.8, 4) is 5.69 Å². The molecule has 0 bridgehead atoms. The van der Waals surface area contributed by atoms with E-state index in [0.717, 1.165) is 10.2 Å². The minimum absolute atomic E-state index is 0.0276. The monoisotopic (exact) mass is 310 g/mol. The summed E-state index contributed by atoms with van der Waals surface area (Å²) < 4.78 is 7.16. The van der Waals surface area contributed by atoms with Gasteiger partial charge in [0.05, 0.1) is 12.3 Å². The van der Waals surface area contributed by atoms with E-state index in [9.17, 15) is 4.79 Å². The summed E-state index contributed by atoms with van der Waals surface area (Å²) in [6, 6.07) is 7.31. The molecule has 0 aliphatic rings. The number of esters is 1. The van der Waals surface area contributed by atoms with Gasteiger partial charge in [0.2, 0.25) is 5.69 Å². The molecule has 94 valence electrons. The Morgan fingerprint density at radius 3 is 2.72 bits per heavy atom. The molecule has 1 aromatic carbocycles. The molecule has 2 N–H and O–H groups in total. The van der Waals surface area contributed by atoms with Crippen LogP contribution >= 0.6 is 15.9 Å². The molecule has 1 heterocycles. The quantitative estimate of drug-likeness (QED) is 0.874. The molecule has 0 spiro atoms. The number of hydrogen-bond acceptors (Lipinski definition) is 5. The van der Waals surface area contributed by atoms with Crippen molar-refractivity contribution in [2.24, 2.45) is 0 Å². The zero-order chi connectivity index (χ0) is 13.1. The van der Waals surface area contributed by atoms with Gasteiger partial charge in [0.25, 0.3) is 0 Å². The van der Waals surface area contributed by atoms with Crippen LogP contribution in [0.1, 0.15) is 17.4 Å². The van der Waals surface area contributed by atoms with Gasteiger partial charge in [-0.3, -0.25) is 0 Å². The Balaban J connectivity index is 2.36. The van der Waals surface area contributed by atoms with E-state index in [2.05, 4.69) is 26.2 Å². The van der Waals surface area contributed by atoms with Crippen LogP contribution in [0.4, 0.5) is 5.82 Å². The van der Waals surface area contributed by atoms with Gasteiger partial charge in [0, 0.05) is 4.47 Å². The third kappa shape index (κ3) is 2.35. The van der Waals surface area contributed by atoms with Gasteiger partial charge < -0.3 is 10.5 Å². The first-order valence-electron chi connectivity index (χ1n) is 5.27. The van der Waals surface area contributed by atoms with Crippen LogP contribution in [0.25, 0.3) is 5.69 Å². The molecule has 1 aromatic heterocycles. The number of benzene rings is 1. The van der Waals surface area contributed by atoms with E-state index < -0.39 is 5.97 Å². The minimum Gasteiger partial charge on any atom is -0.461 e. The summed E-state index contributed by atoms with van der Waals surface area (Å²) in [5.41, 5.74) is 6.58. The van der Waals surface area contributed by atoms with Crippen LogP contribution in [-0.4, -0.2) is 27.6 Å². The second kappa shape index (κ2) is 5.18. The fourth-order valence-electron chi connectivity index (χ4n) is 1.41. The van der Waals surface area contributed by atoms with Gasteiger partial charge in [0.15, 0.2) is 5.82 Å². The highest BCUT2D eigenvalue weighted by atomic mass is 79.9. The van der Waals surface area contributed by atoms with E-state index in [1.165, 1.54) is 4.68 Å². The number of rotatable bonds is 3. The van der Waals surface area contributed by atoms with Gasteiger partial charge in [0.1, 0.15) is 0 Å². The summed E-state index contributed by atoms with van der Waals surface area (Å²) in [5.74, 6) is -0.408. The molecular formula is C11H11BrN4O2. The molecule has 0 saturated heterocycles. The van der Waals surface area contributed by atoms with Gasteiger partial charge >= 0.3 is 5.97 Å². The summed E-state index contributed by atoms with van der Waals surface area (Å²) >= 11 is 3.33. The van der Waals surface area contributed by atoms with E-state index in [-0.39, 0.29) is 18.1 Å². The first-order chi connectivity index (χ1) is 8.63. The highest BCUT2D eigenvalue weighted by molar-refractivity contribution is 9.10. The normalized spacial score (nSPS) is 10.3. The zero-order valence-corrected chi connectivity index (χ0v) is 11.2. The number of nitrogen functional groups attached to an aromatic ring is 1. The maximum atomic E-state index is 11.5. The summed E-state index contributed by atoms with van der Waals surface area (Å²) in [4.78, 5) is 11.5. The van der Waals surface area contributed by atoms with Gasteiger partial charge in [-0.15, -0.1) is 5.10 Å². The van der Waals surface area contributed by atoms with Crippen LogP contribution in [0.3, 0.4) is 0 Å². The van der Waals surface area contributed by atoms with Crippen molar-refractivity contribution >= 4 is 27.7 Å². The fraction of sp³-hybridized carbons (Fsp3) is 0.182. The third-order valence-electron chi connectivity index (χ3n) is 2.24. The van der Waals surface area contributed by atoms with Crippen LogP contribution < -0.4 is 5.73 Å². The zero-order valence-electron chi connectivity index (χ0n) is 9.63. The first-order valence-corrected chi connectivity index (χ1v) is 6.07. The molecule has 0 aliphatic heterocycles. The maximum absolute atomic E-state index is 11.5. The first kappa shape index (κ1) is 12.6. The van der Waals surface area contributed by atoms with E-state index in [0.29, 0.717) is 0 Å². The molecule has 0 atom stereocenters. The maximum Gasteiger partial charge on any atom is 0.362 e. The Hall–Kier alpha value is -1.89. The molecule has 0 fully saturated rings. The van der Waals surface area contributed by atoms with Crippen LogP contribution in [-0.2, 0) is 4.74 Å². The Kier molecular flexibility index (Phi) is 3.61. The molecule has 6 nitrogen and oxygen atoms in total. The minimum atomic E-state index is -0.571. The average molecular weight is 311 g/mol. The summed E-state index contributed by atoms with van der Waals surface area (Å²) in [5, 5.41) is 7.58. The second-order valence-corrected chi connectivity index (χ2v) is 4.35. The molecule has 0 amide bonds. The number of nitrogens with zero attached hydrogens (tertiary/aromatic N) is 3. The molecule has 0 unspecified atom stereocenters. The number of anilines is 1. The van der Waals surface area contributed by atoms with Crippen molar-refractivity contribution in [3.05, 3.63) is 34.4 Å². The van der Waals surface area contributed by atoms with Crippen molar-refractivity contribution < 1.29 is 9.53 Å². The van der Waals surface area contributed by atoms with Crippen LogP contribution in [0, 0.1) is 0 Å². The van der Waals surface area contributed by atoms with E-state index in [1.807, 2.05) is 24.3 Å². The lowest BCUT2D eigenvalue weighted by Gasteiger charge is -2.03. The fourth-order valence-corrected chi connectivity index (χ4v) is 1.67. The Labute approximate surface area is 112 Å². The lowest BCUT2D eigenvalue weighted by molar-refractivity contribution is 0.0520. The van der Waals surface area contributed by atoms with Crippen molar-refractivity contribution in [1.29, 1.82) is 0 Å². The summed E-state index contributed by atoms with van der Waals surface area (Å²) in [6.45, 7) is 1.98. The van der Waals surface area contributed by atoms with Crippen LogP contribution in [0.5, 0.6) is 0 Å². The Morgan fingerprint density at radius 2 is 2.11 bits per heavy atom. The van der Waals surface area contributed by atoms with Crippen molar-refractivity contribution in [2.45, 2.75) is 6.92 Å². The lowest BCUT2D eigenvalue weighted by Crippen LogP contribution is -2.09. The predicted molar refractivity (Wildman–Crippen MR) is 69.4 cm³/mol. The topological polar surface area (TPSA) is 83.0 Å². The molecule has 2 rings (SSSR count). The number of carbonyl (C=O) groups excluding carboxylic acids is 1. The highest BCUT2D eigenvalue weighted by Gasteiger charge is 2.19. The molecule has 7 heteroatoms. The van der Waals surface area contributed by atoms with Gasteiger partial charge in [-0.05, 0) is 31.2 Å². The van der Waals surface area contributed by atoms with Crippen molar-refractivity contribution in [3.63, 3.8) is 0 Å². The number of aromatic nitrogens is 3. The van der Waals surface area contributed by atoms with Crippen molar-refractivity contribution in [2.75, 3.05) is 12.3 Å². The molecule has 0 radical (unpaired) electrons. The Morgan fingerprint density at radius 1 is 1.44 bits per heavy atom. The van der Waals surface area contributed by atoms with Gasteiger partial charge in [-0.25, -0.2) is 4.79 Å². The highest BCUT2D eigenvalue weighted by Crippen LogP contribution is 2.18. The van der Waals surface area contributed by atoms with E-state index in [4.69, 9.17) is 10.5 Å². The summed E-state index contributed by atoms with van der Waals surface area (Å²) in [7, 11) is 0. The predicted octanol–water partition coefficient (Wildman–Crippen LogP) is 1.79. The number of carbonyl (C=O) groups is 1. The lowest BCUT2D eigenvalue weighted by atomic mass is 10.3. The number of ether oxygens (including phenoxy) is 1.